The van der Waals surface area contributed by atoms with Crippen molar-refractivity contribution < 1.29 is 18.7 Å². The van der Waals surface area contributed by atoms with Crippen LogP contribution in [0.15, 0.2) is 18.2 Å². The van der Waals surface area contributed by atoms with Gasteiger partial charge in [-0.3, -0.25) is 4.79 Å². The van der Waals surface area contributed by atoms with E-state index in [1.165, 1.54) is 6.07 Å². The van der Waals surface area contributed by atoms with Crippen LogP contribution < -0.4 is 5.73 Å². The zero-order valence-electron chi connectivity index (χ0n) is 11.8. The van der Waals surface area contributed by atoms with E-state index < -0.39 is 23.6 Å². The monoisotopic (exact) mass is 298 g/mol. The summed E-state index contributed by atoms with van der Waals surface area (Å²) in [5, 5.41) is 9.63. The molecule has 21 heavy (non-hydrogen) atoms. The summed E-state index contributed by atoms with van der Waals surface area (Å²) < 4.78 is 25.9. The summed E-state index contributed by atoms with van der Waals surface area (Å²) in [4.78, 5) is 13.1. The van der Waals surface area contributed by atoms with Crippen LogP contribution in [0.3, 0.4) is 0 Å². The van der Waals surface area contributed by atoms with Gasteiger partial charge in [0.15, 0.2) is 11.6 Å². The number of nitrogens with zero attached hydrogens (tertiary/aromatic N) is 1. The second-order valence-electron chi connectivity index (χ2n) is 5.52. The number of primary amides is 1. The maximum atomic E-state index is 13.1. The Hall–Kier alpha value is -1.53. The molecule has 1 heterocycles. The van der Waals surface area contributed by atoms with E-state index in [4.69, 9.17) is 5.73 Å². The Morgan fingerprint density at radius 1 is 1.33 bits per heavy atom. The Balaban J connectivity index is 1.78. The number of aliphatic hydroxyl groups excluding tert-OH is 1. The molecule has 1 aliphatic heterocycles. The maximum Gasteiger partial charge on any atom is 0.246 e. The van der Waals surface area contributed by atoms with Crippen LogP contribution in [0.25, 0.3) is 0 Å². The molecule has 1 atom stereocenters. The summed E-state index contributed by atoms with van der Waals surface area (Å²) in [7, 11) is 0. The minimum Gasteiger partial charge on any atom is -0.383 e. The number of benzene rings is 1. The number of amides is 1. The van der Waals surface area contributed by atoms with E-state index >= 15 is 0 Å². The summed E-state index contributed by atoms with van der Waals surface area (Å²) >= 11 is 0. The first kappa shape index (κ1) is 15.9. The number of likely N-dealkylation sites (tertiary alicyclic amines) is 1. The third-order valence-corrected chi connectivity index (χ3v) is 4.07. The molecular weight excluding hydrogens is 278 g/mol. The van der Waals surface area contributed by atoms with Crippen LogP contribution in [0.1, 0.15) is 18.4 Å². The van der Waals surface area contributed by atoms with E-state index in [2.05, 4.69) is 4.90 Å². The van der Waals surface area contributed by atoms with E-state index in [-0.39, 0.29) is 5.92 Å². The molecule has 1 aromatic carbocycles. The summed E-state index contributed by atoms with van der Waals surface area (Å²) in [5.41, 5.74) is 5.85. The molecule has 0 saturated carbocycles. The van der Waals surface area contributed by atoms with Gasteiger partial charge in [0.2, 0.25) is 5.91 Å². The topological polar surface area (TPSA) is 66.6 Å². The molecule has 1 aromatic rings. The number of halogens is 2. The van der Waals surface area contributed by atoms with Crippen molar-refractivity contribution in [2.75, 3.05) is 19.6 Å². The Kier molecular flexibility index (Phi) is 5.25. The zero-order valence-corrected chi connectivity index (χ0v) is 11.8. The Morgan fingerprint density at radius 2 is 2.00 bits per heavy atom. The van der Waals surface area contributed by atoms with Crippen molar-refractivity contribution in [2.45, 2.75) is 25.4 Å². The minimum absolute atomic E-state index is 0.0815. The maximum absolute atomic E-state index is 13.1. The van der Waals surface area contributed by atoms with E-state index in [0.717, 1.165) is 31.3 Å². The smallest absolute Gasteiger partial charge is 0.246 e. The highest BCUT2D eigenvalue weighted by Gasteiger charge is 2.28. The Labute approximate surface area is 122 Å². The number of carbonyl (C=O) groups excluding carboxylic acids is 1. The van der Waals surface area contributed by atoms with Gasteiger partial charge in [-0.15, -0.1) is 0 Å². The van der Waals surface area contributed by atoms with Gasteiger partial charge in [0, 0.05) is 6.54 Å². The molecule has 6 heteroatoms. The predicted molar refractivity (Wildman–Crippen MR) is 74.4 cm³/mol. The lowest BCUT2D eigenvalue weighted by Gasteiger charge is -2.33. The van der Waals surface area contributed by atoms with Gasteiger partial charge in [-0.25, -0.2) is 8.78 Å². The molecule has 0 aliphatic carbocycles. The molecule has 1 unspecified atom stereocenters. The SMILES string of the molecule is NC(=O)C(O)C1CCN(CCc2ccc(F)c(F)c2)CC1. The van der Waals surface area contributed by atoms with Crippen molar-refractivity contribution >= 4 is 5.91 Å². The van der Waals surface area contributed by atoms with Gasteiger partial charge >= 0.3 is 0 Å². The molecule has 1 saturated heterocycles. The fraction of sp³-hybridized carbons (Fsp3) is 0.533. The van der Waals surface area contributed by atoms with Gasteiger partial charge in [0.05, 0.1) is 0 Å². The van der Waals surface area contributed by atoms with Crippen LogP contribution in [0.4, 0.5) is 8.78 Å². The van der Waals surface area contributed by atoms with Crippen LogP contribution in [0.5, 0.6) is 0 Å². The molecule has 0 spiro atoms. The van der Waals surface area contributed by atoms with Gasteiger partial charge in [0.1, 0.15) is 6.10 Å². The van der Waals surface area contributed by atoms with Gasteiger partial charge < -0.3 is 15.7 Å². The van der Waals surface area contributed by atoms with Crippen molar-refractivity contribution in [3.63, 3.8) is 0 Å². The molecule has 1 fully saturated rings. The third kappa shape index (κ3) is 4.22. The summed E-state index contributed by atoms with van der Waals surface area (Å²) in [6.07, 6.45) is 0.989. The lowest BCUT2D eigenvalue weighted by atomic mass is 9.91. The number of rotatable bonds is 5. The van der Waals surface area contributed by atoms with Crippen LogP contribution in [0.2, 0.25) is 0 Å². The Bertz CT molecular complexity index is 502. The second-order valence-corrected chi connectivity index (χ2v) is 5.52. The molecule has 2 rings (SSSR count). The fourth-order valence-electron chi connectivity index (χ4n) is 2.71. The normalized spacial score (nSPS) is 18.6. The fourth-order valence-corrected chi connectivity index (χ4v) is 2.71. The van der Waals surface area contributed by atoms with E-state index in [9.17, 15) is 18.7 Å². The number of carbonyl (C=O) groups is 1. The predicted octanol–water partition coefficient (Wildman–Crippen LogP) is 1.07. The van der Waals surface area contributed by atoms with Crippen molar-refractivity contribution in [3.8, 4) is 0 Å². The van der Waals surface area contributed by atoms with E-state index in [0.29, 0.717) is 19.3 Å². The van der Waals surface area contributed by atoms with Crippen molar-refractivity contribution in [1.82, 2.24) is 4.90 Å². The first-order valence-corrected chi connectivity index (χ1v) is 7.11. The highest BCUT2D eigenvalue weighted by atomic mass is 19.2. The molecule has 0 radical (unpaired) electrons. The van der Waals surface area contributed by atoms with E-state index in [1.807, 2.05) is 0 Å². The number of piperidine rings is 1. The molecule has 0 bridgehead atoms. The summed E-state index contributed by atoms with van der Waals surface area (Å²) in [6, 6.07) is 3.95. The Morgan fingerprint density at radius 3 is 2.57 bits per heavy atom. The average molecular weight is 298 g/mol. The second kappa shape index (κ2) is 6.95. The number of hydrogen-bond acceptors (Lipinski definition) is 3. The van der Waals surface area contributed by atoms with Crippen molar-refractivity contribution in [3.05, 3.63) is 35.4 Å². The lowest BCUT2D eigenvalue weighted by molar-refractivity contribution is -0.129. The molecule has 116 valence electrons. The quantitative estimate of drug-likeness (QED) is 0.854. The standard InChI is InChI=1S/C15H20F2N2O2/c16-12-2-1-10(9-13(12)17)3-6-19-7-4-11(5-8-19)14(20)15(18)21/h1-2,9,11,14,20H,3-8H2,(H2,18,21). The van der Waals surface area contributed by atoms with Gasteiger partial charge in [-0.1, -0.05) is 6.07 Å². The van der Waals surface area contributed by atoms with Crippen LogP contribution in [-0.4, -0.2) is 41.7 Å². The first-order chi connectivity index (χ1) is 9.97. The van der Waals surface area contributed by atoms with Crippen LogP contribution in [0, 0.1) is 17.6 Å². The highest BCUT2D eigenvalue weighted by Crippen LogP contribution is 2.21. The van der Waals surface area contributed by atoms with E-state index in [1.54, 1.807) is 6.07 Å². The van der Waals surface area contributed by atoms with Crippen molar-refractivity contribution in [1.29, 1.82) is 0 Å². The first-order valence-electron chi connectivity index (χ1n) is 7.11. The summed E-state index contributed by atoms with van der Waals surface area (Å²) in [5.74, 6) is -2.41. The van der Waals surface area contributed by atoms with Crippen LogP contribution >= 0.6 is 0 Å². The third-order valence-electron chi connectivity index (χ3n) is 4.07. The molecular formula is C15H20F2N2O2. The molecule has 1 amide bonds. The largest absolute Gasteiger partial charge is 0.383 e. The lowest BCUT2D eigenvalue weighted by Crippen LogP contribution is -2.43. The number of hydrogen-bond donors (Lipinski definition) is 2. The summed E-state index contributed by atoms with van der Waals surface area (Å²) in [6.45, 7) is 2.27. The van der Waals surface area contributed by atoms with Gasteiger partial charge in [-0.05, 0) is 56.0 Å². The molecule has 4 nitrogen and oxygen atoms in total. The molecule has 3 N–H and O–H groups in total. The van der Waals surface area contributed by atoms with Gasteiger partial charge in [0.25, 0.3) is 0 Å². The molecule has 0 aromatic heterocycles. The minimum atomic E-state index is -1.07. The van der Waals surface area contributed by atoms with Gasteiger partial charge in [-0.2, -0.15) is 0 Å². The van der Waals surface area contributed by atoms with Crippen molar-refractivity contribution in [2.24, 2.45) is 11.7 Å². The number of aliphatic hydroxyl groups is 1. The number of nitrogens with two attached hydrogens (primary N) is 1. The molecule has 1 aliphatic rings. The average Bonchev–Trinajstić information content (AvgIpc) is 2.48. The zero-order chi connectivity index (χ0) is 15.4. The highest BCUT2D eigenvalue weighted by molar-refractivity contribution is 5.78. The van der Waals surface area contributed by atoms with Crippen LogP contribution in [-0.2, 0) is 11.2 Å².